The van der Waals surface area contributed by atoms with E-state index < -0.39 is 10.0 Å². The lowest BCUT2D eigenvalue weighted by Crippen LogP contribution is -2.14. The van der Waals surface area contributed by atoms with Gasteiger partial charge in [0.05, 0.1) is 19.1 Å². The Bertz CT molecular complexity index is 1550. The molecule has 0 unspecified atom stereocenters. The Hall–Kier alpha value is -4.19. The zero-order valence-corrected chi connectivity index (χ0v) is 18.5. The van der Waals surface area contributed by atoms with E-state index in [1.165, 1.54) is 0 Å². The predicted molar refractivity (Wildman–Crippen MR) is 120 cm³/mol. The van der Waals surface area contributed by atoms with E-state index in [0.29, 0.717) is 40.5 Å². The fraction of sp³-hybridized carbons (Fsp3) is 0.143. The van der Waals surface area contributed by atoms with Gasteiger partial charge in [-0.1, -0.05) is 17.3 Å². The largest absolute Gasteiger partial charge is 0.463 e. The van der Waals surface area contributed by atoms with Gasteiger partial charge in [0.15, 0.2) is 22.1 Å². The van der Waals surface area contributed by atoms with Gasteiger partial charge >= 0.3 is 0 Å². The molecule has 0 aliphatic carbocycles. The zero-order chi connectivity index (χ0) is 23.2. The SMILES string of the molecule is Cc1noc(C)c1S(=O)(=O)Nc1cccc(Cn2cnc3c(-c4ccco4)nc(N)nc32)c1. The number of nitrogens with one attached hydrogen (secondary N) is 1. The van der Waals surface area contributed by atoms with Crippen molar-refractivity contribution in [2.24, 2.45) is 0 Å². The van der Waals surface area contributed by atoms with Crippen molar-refractivity contribution >= 4 is 32.8 Å². The minimum atomic E-state index is -3.85. The van der Waals surface area contributed by atoms with Gasteiger partial charge in [-0.05, 0) is 43.7 Å². The van der Waals surface area contributed by atoms with Crippen molar-refractivity contribution < 1.29 is 17.4 Å². The maximum Gasteiger partial charge on any atom is 0.267 e. The van der Waals surface area contributed by atoms with Crippen LogP contribution in [0.25, 0.3) is 22.6 Å². The molecule has 0 fully saturated rings. The van der Waals surface area contributed by atoms with Crippen LogP contribution in [0.4, 0.5) is 11.6 Å². The summed E-state index contributed by atoms with van der Waals surface area (Å²) in [4.78, 5) is 13.1. The third kappa shape index (κ3) is 3.80. The molecule has 3 N–H and O–H groups in total. The van der Waals surface area contributed by atoms with E-state index in [2.05, 4.69) is 24.8 Å². The summed E-state index contributed by atoms with van der Waals surface area (Å²) in [5.41, 5.74) is 9.04. The fourth-order valence-corrected chi connectivity index (χ4v) is 5.04. The third-order valence-corrected chi connectivity index (χ3v) is 6.63. The van der Waals surface area contributed by atoms with Gasteiger partial charge in [0.25, 0.3) is 10.0 Å². The topological polar surface area (TPSA) is 155 Å². The number of nitrogens with two attached hydrogens (primary N) is 1. The predicted octanol–water partition coefficient (Wildman–Crippen LogP) is 3.12. The van der Waals surface area contributed by atoms with E-state index in [4.69, 9.17) is 14.7 Å². The molecular formula is C21H19N7O4S. The number of hydrogen-bond donors (Lipinski definition) is 2. The van der Waals surface area contributed by atoms with E-state index in [-0.39, 0.29) is 16.6 Å². The van der Waals surface area contributed by atoms with Gasteiger partial charge in [-0.15, -0.1) is 0 Å². The van der Waals surface area contributed by atoms with Crippen LogP contribution in [0.1, 0.15) is 17.0 Å². The molecule has 0 aliphatic rings. The Morgan fingerprint density at radius 2 is 2.00 bits per heavy atom. The molecule has 168 valence electrons. The monoisotopic (exact) mass is 465 g/mol. The van der Waals surface area contributed by atoms with Crippen LogP contribution >= 0.6 is 0 Å². The number of hydrogen-bond acceptors (Lipinski definition) is 9. The van der Waals surface area contributed by atoms with Crippen molar-refractivity contribution in [3.63, 3.8) is 0 Å². The quantitative estimate of drug-likeness (QED) is 0.385. The first-order valence-corrected chi connectivity index (χ1v) is 11.4. The molecule has 0 atom stereocenters. The summed E-state index contributed by atoms with van der Waals surface area (Å²) in [5.74, 6) is 0.859. The first kappa shape index (κ1) is 20.7. The summed E-state index contributed by atoms with van der Waals surface area (Å²) in [6, 6.07) is 10.6. The number of imidazole rings is 1. The molecule has 0 radical (unpaired) electrons. The number of anilines is 2. The fourth-order valence-electron chi connectivity index (χ4n) is 3.66. The molecule has 0 spiro atoms. The maximum absolute atomic E-state index is 12.8. The molecule has 1 aromatic carbocycles. The minimum Gasteiger partial charge on any atom is -0.463 e. The smallest absolute Gasteiger partial charge is 0.267 e. The van der Waals surface area contributed by atoms with E-state index in [1.807, 2.05) is 10.6 Å². The number of nitrogens with zero attached hydrogens (tertiary/aromatic N) is 5. The number of fused-ring (bicyclic) bond motifs is 1. The van der Waals surface area contributed by atoms with Crippen molar-refractivity contribution in [1.29, 1.82) is 0 Å². The first-order chi connectivity index (χ1) is 15.8. The number of aryl methyl sites for hydroxylation is 2. The minimum absolute atomic E-state index is 0.0335. The first-order valence-electron chi connectivity index (χ1n) is 9.88. The van der Waals surface area contributed by atoms with Gasteiger partial charge in [-0.2, -0.15) is 4.98 Å². The second-order valence-electron chi connectivity index (χ2n) is 7.41. The van der Waals surface area contributed by atoms with Crippen LogP contribution in [0.15, 0.2) is 62.8 Å². The molecule has 0 bridgehead atoms. The molecule has 0 amide bonds. The lowest BCUT2D eigenvalue weighted by Gasteiger charge is -2.10. The lowest BCUT2D eigenvalue weighted by atomic mass is 10.2. The molecule has 12 heteroatoms. The summed E-state index contributed by atoms with van der Waals surface area (Å²) >= 11 is 0. The molecular weight excluding hydrogens is 446 g/mol. The maximum atomic E-state index is 12.8. The second-order valence-corrected chi connectivity index (χ2v) is 9.03. The van der Waals surface area contributed by atoms with Crippen molar-refractivity contribution in [2.45, 2.75) is 25.3 Å². The molecule has 0 saturated heterocycles. The number of rotatable bonds is 6. The molecule has 33 heavy (non-hydrogen) atoms. The summed E-state index contributed by atoms with van der Waals surface area (Å²) < 4.78 is 40.5. The van der Waals surface area contributed by atoms with E-state index >= 15 is 0 Å². The van der Waals surface area contributed by atoms with E-state index in [9.17, 15) is 8.42 Å². The summed E-state index contributed by atoms with van der Waals surface area (Å²) in [5, 5.41) is 3.72. The average Bonchev–Trinajstić information content (AvgIpc) is 3.49. The van der Waals surface area contributed by atoms with Crippen molar-refractivity contribution in [1.82, 2.24) is 24.7 Å². The zero-order valence-electron chi connectivity index (χ0n) is 17.7. The summed E-state index contributed by atoms with van der Waals surface area (Å²) in [6.45, 7) is 3.52. The van der Waals surface area contributed by atoms with E-state index in [1.54, 1.807) is 56.8 Å². The highest BCUT2D eigenvalue weighted by Crippen LogP contribution is 2.27. The molecule has 4 heterocycles. The highest BCUT2D eigenvalue weighted by atomic mass is 32.2. The van der Waals surface area contributed by atoms with Gasteiger partial charge in [0, 0.05) is 5.69 Å². The Morgan fingerprint density at radius 3 is 2.73 bits per heavy atom. The van der Waals surface area contributed by atoms with Crippen molar-refractivity contribution in [3.8, 4) is 11.5 Å². The highest BCUT2D eigenvalue weighted by molar-refractivity contribution is 7.92. The number of benzene rings is 1. The standard InChI is InChI=1S/C21H19N7O4S/c1-12-19(13(2)32-26-12)33(29,30)27-15-6-3-5-14(9-15)10-28-11-23-18-17(16-7-4-8-31-16)24-21(22)25-20(18)28/h3-9,11,27H,10H2,1-2H3,(H2,22,24,25). The molecule has 5 rings (SSSR count). The van der Waals surface area contributed by atoms with Crippen LogP contribution in [-0.2, 0) is 16.6 Å². The Kier molecular flexibility index (Phi) is 4.86. The van der Waals surface area contributed by atoms with Crippen LogP contribution in [0.5, 0.6) is 0 Å². The van der Waals surface area contributed by atoms with Crippen molar-refractivity contribution in [2.75, 3.05) is 10.5 Å². The van der Waals surface area contributed by atoms with Crippen LogP contribution in [-0.4, -0.2) is 33.1 Å². The molecule has 4 aromatic heterocycles. The summed E-state index contributed by atoms with van der Waals surface area (Å²) in [6.07, 6.45) is 3.18. The van der Waals surface area contributed by atoms with E-state index in [0.717, 1.165) is 5.56 Å². The Morgan fingerprint density at radius 1 is 1.15 bits per heavy atom. The van der Waals surface area contributed by atoms with Gasteiger partial charge in [0.1, 0.15) is 16.9 Å². The number of sulfonamides is 1. The Balaban J connectivity index is 1.46. The van der Waals surface area contributed by atoms with Gasteiger partial charge in [-0.3, -0.25) is 4.72 Å². The molecule has 0 saturated carbocycles. The second kappa shape index (κ2) is 7.74. The molecule has 0 aliphatic heterocycles. The number of furan rings is 1. The van der Waals surface area contributed by atoms with Crippen molar-refractivity contribution in [3.05, 3.63) is 66.0 Å². The summed E-state index contributed by atoms with van der Waals surface area (Å²) in [7, 11) is -3.85. The molecule has 11 nitrogen and oxygen atoms in total. The Labute approximate surface area is 188 Å². The normalized spacial score (nSPS) is 11.8. The molecule has 5 aromatic rings. The van der Waals surface area contributed by atoms with Crippen LogP contribution < -0.4 is 10.5 Å². The number of nitrogen functional groups attached to an aromatic ring is 1. The van der Waals surface area contributed by atoms with Crippen LogP contribution in [0.3, 0.4) is 0 Å². The third-order valence-electron chi connectivity index (χ3n) is 5.00. The van der Waals surface area contributed by atoms with Gasteiger partial charge < -0.3 is 19.2 Å². The van der Waals surface area contributed by atoms with Crippen LogP contribution in [0, 0.1) is 13.8 Å². The van der Waals surface area contributed by atoms with Crippen LogP contribution in [0.2, 0.25) is 0 Å². The van der Waals surface area contributed by atoms with Gasteiger partial charge in [0.2, 0.25) is 5.95 Å². The lowest BCUT2D eigenvalue weighted by molar-refractivity contribution is 0.390. The van der Waals surface area contributed by atoms with Gasteiger partial charge in [-0.25, -0.2) is 18.4 Å². The highest BCUT2D eigenvalue weighted by Gasteiger charge is 2.24. The average molecular weight is 465 g/mol. The number of aromatic nitrogens is 5.